The number of halogens is 2. The third-order valence-electron chi connectivity index (χ3n) is 1.74. The molecule has 0 atom stereocenters. The molecular formula is C9H12Cl2Sn. The van der Waals surface area contributed by atoms with Crippen molar-refractivity contribution in [2.24, 2.45) is 0 Å². The molecule has 1 aromatic rings. The Kier molecular flexibility index (Phi) is 3.35. The third kappa shape index (κ3) is 2.54. The summed E-state index contributed by atoms with van der Waals surface area (Å²) < 4.78 is 1.34. The minimum absolute atomic E-state index is 0.722. The average Bonchev–Trinajstić information content (AvgIpc) is 1.83. The zero-order valence-corrected chi connectivity index (χ0v) is 11.9. The number of rotatable bonds is 1. The van der Waals surface area contributed by atoms with Crippen LogP contribution in [0.2, 0.25) is 24.9 Å². The van der Waals surface area contributed by atoms with Gasteiger partial charge in [0, 0.05) is 0 Å². The molecule has 0 amide bonds. The van der Waals surface area contributed by atoms with Crippen molar-refractivity contribution in [3.05, 3.63) is 28.2 Å². The van der Waals surface area contributed by atoms with Crippen LogP contribution in [0.1, 0.15) is 0 Å². The summed E-state index contributed by atoms with van der Waals surface area (Å²) in [6.45, 7) is 0. The molecular weight excluding hydrogens is 298 g/mol. The predicted molar refractivity (Wildman–Crippen MR) is 59.4 cm³/mol. The van der Waals surface area contributed by atoms with Crippen LogP contribution in [0.25, 0.3) is 0 Å². The molecule has 0 bridgehead atoms. The Hall–Kier alpha value is 0.599. The number of hydrogen-bond acceptors (Lipinski definition) is 0. The molecule has 0 radical (unpaired) electrons. The first kappa shape index (κ1) is 10.7. The maximum atomic E-state index is 6.08. The van der Waals surface area contributed by atoms with Crippen LogP contribution in [-0.2, 0) is 0 Å². The normalized spacial score (nSPS) is 11.8. The molecule has 0 saturated carbocycles. The quantitative estimate of drug-likeness (QED) is 0.696. The Balaban J connectivity index is 3.19. The fourth-order valence-electron chi connectivity index (χ4n) is 1.10. The second kappa shape index (κ2) is 3.77. The fraction of sp³-hybridized carbons (Fsp3) is 0.333. The second-order valence-electron chi connectivity index (χ2n) is 3.87. The van der Waals surface area contributed by atoms with Gasteiger partial charge in [-0.05, 0) is 0 Å². The van der Waals surface area contributed by atoms with Gasteiger partial charge >= 0.3 is 88.2 Å². The molecule has 0 spiro atoms. The Labute approximate surface area is 87.8 Å². The van der Waals surface area contributed by atoms with Crippen LogP contribution < -0.4 is 3.58 Å². The van der Waals surface area contributed by atoms with Crippen molar-refractivity contribution in [2.75, 3.05) is 0 Å². The molecule has 1 aromatic carbocycles. The topological polar surface area (TPSA) is 0 Å². The maximum absolute atomic E-state index is 6.08. The van der Waals surface area contributed by atoms with E-state index < -0.39 is 18.4 Å². The number of hydrogen-bond donors (Lipinski definition) is 0. The van der Waals surface area contributed by atoms with Crippen LogP contribution in [0.3, 0.4) is 0 Å². The summed E-state index contributed by atoms with van der Waals surface area (Å²) >= 11 is 9.89. The van der Waals surface area contributed by atoms with Crippen LogP contribution in [0.15, 0.2) is 18.2 Å². The first-order chi connectivity index (χ1) is 5.41. The SMILES string of the molecule is [CH3][Sn]([CH3])([CH3])[c]1ccc(Cl)cc1Cl. The molecule has 0 fully saturated rings. The monoisotopic (exact) mass is 310 g/mol. The van der Waals surface area contributed by atoms with Crippen LogP contribution in [0, 0.1) is 0 Å². The van der Waals surface area contributed by atoms with Gasteiger partial charge in [0.1, 0.15) is 0 Å². The van der Waals surface area contributed by atoms with Crippen molar-refractivity contribution in [3.63, 3.8) is 0 Å². The van der Waals surface area contributed by atoms with E-state index in [0.29, 0.717) is 0 Å². The Bertz CT molecular complexity index is 289. The molecule has 1 rings (SSSR count). The molecule has 66 valence electrons. The standard InChI is InChI=1S/C6H3Cl2.3CH3.Sn/c7-5-2-1-3-6(8)4-5;;;;/h1-2,4H;3*1H3;. The van der Waals surface area contributed by atoms with Crippen LogP contribution in [-0.4, -0.2) is 18.4 Å². The summed E-state index contributed by atoms with van der Waals surface area (Å²) in [6, 6.07) is 5.83. The molecule has 3 heteroatoms. The minimum atomic E-state index is -2.00. The summed E-state index contributed by atoms with van der Waals surface area (Å²) in [5.74, 6) is 0. The second-order valence-corrected chi connectivity index (χ2v) is 19.1. The summed E-state index contributed by atoms with van der Waals surface area (Å²) in [7, 11) is 0. The van der Waals surface area contributed by atoms with E-state index in [1.165, 1.54) is 3.58 Å². The molecule has 0 N–H and O–H groups in total. The molecule has 0 nitrogen and oxygen atoms in total. The summed E-state index contributed by atoms with van der Waals surface area (Å²) in [5, 5.41) is 1.56. The van der Waals surface area contributed by atoms with Gasteiger partial charge in [0.05, 0.1) is 0 Å². The van der Waals surface area contributed by atoms with Crippen molar-refractivity contribution >= 4 is 45.2 Å². The van der Waals surface area contributed by atoms with E-state index in [1.54, 1.807) is 0 Å². The Morgan fingerprint density at radius 2 is 1.67 bits per heavy atom. The van der Waals surface area contributed by atoms with Crippen LogP contribution in [0.4, 0.5) is 0 Å². The molecule has 0 aliphatic heterocycles. The number of benzene rings is 1. The average molecular weight is 310 g/mol. The van der Waals surface area contributed by atoms with Gasteiger partial charge in [-0.25, -0.2) is 0 Å². The molecule has 0 heterocycles. The molecule has 0 aliphatic carbocycles. The van der Waals surface area contributed by atoms with E-state index in [0.717, 1.165) is 10.0 Å². The molecule has 0 aliphatic rings. The summed E-state index contributed by atoms with van der Waals surface area (Å²) in [6.07, 6.45) is 0. The van der Waals surface area contributed by atoms with Gasteiger partial charge in [-0.15, -0.1) is 0 Å². The van der Waals surface area contributed by atoms with Gasteiger partial charge in [0.2, 0.25) is 0 Å². The van der Waals surface area contributed by atoms with Crippen LogP contribution in [0.5, 0.6) is 0 Å². The van der Waals surface area contributed by atoms with E-state index in [9.17, 15) is 0 Å². The Morgan fingerprint density at radius 3 is 2.08 bits per heavy atom. The molecule has 12 heavy (non-hydrogen) atoms. The van der Waals surface area contributed by atoms with Gasteiger partial charge in [0.25, 0.3) is 0 Å². The van der Waals surface area contributed by atoms with Crippen LogP contribution >= 0.6 is 23.2 Å². The molecule has 0 saturated heterocycles. The van der Waals surface area contributed by atoms with Crippen molar-refractivity contribution < 1.29 is 0 Å². The van der Waals surface area contributed by atoms with Crippen molar-refractivity contribution in [3.8, 4) is 0 Å². The van der Waals surface area contributed by atoms with E-state index >= 15 is 0 Å². The van der Waals surface area contributed by atoms with Crippen molar-refractivity contribution in [1.82, 2.24) is 0 Å². The molecule has 0 unspecified atom stereocenters. The van der Waals surface area contributed by atoms with E-state index in [2.05, 4.69) is 20.9 Å². The fourth-order valence-corrected chi connectivity index (χ4v) is 7.32. The third-order valence-corrected chi connectivity index (χ3v) is 8.60. The van der Waals surface area contributed by atoms with Gasteiger partial charge in [-0.3, -0.25) is 0 Å². The first-order valence-corrected chi connectivity index (χ1v) is 14.6. The van der Waals surface area contributed by atoms with Crippen molar-refractivity contribution in [1.29, 1.82) is 0 Å². The van der Waals surface area contributed by atoms with Gasteiger partial charge in [0.15, 0.2) is 0 Å². The van der Waals surface area contributed by atoms with E-state index in [4.69, 9.17) is 23.2 Å². The van der Waals surface area contributed by atoms with Gasteiger partial charge < -0.3 is 0 Å². The van der Waals surface area contributed by atoms with E-state index in [-0.39, 0.29) is 0 Å². The van der Waals surface area contributed by atoms with Crippen molar-refractivity contribution in [2.45, 2.75) is 14.8 Å². The predicted octanol–water partition coefficient (Wildman–Crippen LogP) is 3.54. The summed E-state index contributed by atoms with van der Waals surface area (Å²) in [5.41, 5.74) is 0. The van der Waals surface area contributed by atoms with Gasteiger partial charge in [-0.1, -0.05) is 0 Å². The molecule has 0 aromatic heterocycles. The Morgan fingerprint density at radius 1 is 1.08 bits per heavy atom. The van der Waals surface area contributed by atoms with Gasteiger partial charge in [-0.2, -0.15) is 0 Å². The zero-order chi connectivity index (χ0) is 9.35. The first-order valence-electron chi connectivity index (χ1n) is 3.87. The van der Waals surface area contributed by atoms with E-state index in [1.807, 2.05) is 12.1 Å². The zero-order valence-electron chi connectivity index (χ0n) is 7.49. The summed E-state index contributed by atoms with van der Waals surface area (Å²) in [4.78, 5) is 7.01.